The van der Waals surface area contributed by atoms with Gasteiger partial charge in [-0.3, -0.25) is 9.52 Å². The van der Waals surface area contributed by atoms with Gasteiger partial charge in [0, 0.05) is 13.1 Å². The molecule has 1 saturated heterocycles. The molecule has 1 atom stereocenters. The van der Waals surface area contributed by atoms with E-state index in [4.69, 9.17) is 0 Å². The third kappa shape index (κ3) is 3.45. The highest BCUT2D eigenvalue weighted by Gasteiger charge is 2.26. The van der Waals surface area contributed by atoms with Gasteiger partial charge in [-0.15, -0.1) is 0 Å². The number of carbonyl (C=O) groups is 1. The van der Waals surface area contributed by atoms with Crippen molar-refractivity contribution in [2.45, 2.75) is 40.3 Å². The maximum absolute atomic E-state index is 11.7. The number of carbonyl (C=O) groups excluding carboxylic acids is 1. The van der Waals surface area contributed by atoms with Crippen LogP contribution in [0.1, 0.15) is 31.7 Å². The molecule has 124 valence electrons. The topological polar surface area (TPSA) is 67.2 Å². The maximum atomic E-state index is 11.7. The Morgan fingerprint density at radius 3 is 2.83 bits per heavy atom. The first-order valence-electron chi connectivity index (χ1n) is 7.86. The first kappa shape index (κ1) is 16.1. The molecule has 3 rings (SSSR count). The van der Waals surface area contributed by atoms with Crippen molar-refractivity contribution < 1.29 is 9.00 Å². The van der Waals surface area contributed by atoms with Crippen molar-refractivity contribution in [2.24, 2.45) is 5.92 Å². The number of hydrogen-bond acceptors (Lipinski definition) is 3. The number of imidazole rings is 1. The fourth-order valence-electron chi connectivity index (χ4n) is 2.79. The largest absolute Gasteiger partial charge is 0.328 e. The molecule has 1 aliphatic rings. The molecule has 0 spiro atoms. The van der Waals surface area contributed by atoms with Gasteiger partial charge < -0.3 is 4.57 Å². The molecular formula is C16H22N4O2S. The second kappa shape index (κ2) is 6.41. The lowest BCUT2D eigenvalue weighted by Crippen LogP contribution is -2.22. The van der Waals surface area contributed by atoms with Crippen LogP contribution in [0.5, 0.6) is 0 Å². The molecule has 2 heterocycles. The molecule has 2 aromatic rings. The molecular weight excluding hydrogens is 312 g/mol. The van der Waals surface area contributed by atoms with E-state index in [-0.39, 0.29) is 12.5 Å². The minimum Gasteiger partial charge on any atom is -0.328 e. The Kier molecular flexibility index (Phi) is 4.50. The Hall–Kier alpha value is -1.73. The van der Waals surface area contributed by atoms with E-state index in [1.54, 1.807) is 4.31 Å². The van der Waals surface area contributed by atoms with Gasteiger partial charge in [0.1, 0.15) is 5.82 Å². The number of benzene rings is 1. The van der Waals surface area contributed by atoms with Crippen molar-refractivity contribution in [3.8, 4) is 0 Å². The van der Waals surface area contributed by atoms with Gasteiger partial charge >= 0.3 is 0 Å². The van der Waals surface area contributed by atoms with Crippen LogP contribution >= 0.6 is 0 Å². The summed E-state index contributed by atoms with van der Waals surface area (Å²) in [7, 11) is 0. The van der Waals surface area contributed by atoms with Gasteiger partial charge in [0.15, 0.2) is 11.2 Å². The monoisotopic (exact) mass is 334 g/mol. The Morgan fingerprint density at radius 2 is 2.17 bits per heavy atom. The Bertz CT molecular complexity index is 769. The van der Waals surface area contributed by atoms with E-state index in [0.29, 0.717) is 12.5 Å². The molecule has 0 aliphatic carbocycles. The normalized spacial score (nSPS) is 19.0. The smallest absolute Gasteiger partial charge is 0.247 e. The van der Waals surface area contributed by atoms with Crippen molar-refractivity contribution in [3.63, 3.8) is 0 Å². The molecule has 1 fully saturated rings. The summed E-state index contributed by atoms with van der Waals surface area (Å²) < 4.78 is 18.0. The van der Waals surface area contributed by atoms with Gasteiger partial charge in [-0.2, -0.15) is 4.31 Å². The number of nitrogens with one attached hydrogen (secondary N) is 1. The SMILES string of the molecule is Cc1nc2cc(CN3CC(=O)NS3=O)ccc2n1CCC(C)C. The molecule has 1 unspecified atom stereocenters. The zero-order valence-corrected chi connectivity index (χ0v) is 14.5. The highest BCUT2D eigenvalue weighted by atomic mass is 32.2. The zero-order chi connectivity index (χ0) is 16.6. The van der Waals surface area contributed by atoms with Gasteiger partial charge in [0.2, 0.25) is 5.91 Å². The van der Waals surface area contributed by atoms with Gasteiger partial charge in [0.05, 0.1) is 17.6 Å². The van der Waals surface area contributed by atoms with Crippen molar-refractivity contribution in [3.05, 3.63) is 29.6 Å². The Morgan fingerprint density at radius 1 is 1.39 bits per heavy atom. The molecule has 1 N–H and O–H groups in total. The Labute approximate surface area is 138 Å². The van der Waals surface area contributed by atoms with E-state index in [1.165, 1.54) is 0 Å². The van der Waals surface area contributed by atoms with Crippen LogP contribution in [0.4, 0.5) is 0 Å². The summed E-state index contributed by atoms with van der Waals surface area (Å²) in [6.07, 6.45) is 1.12. The van der Waals surface area contributed by atoms with Crippen LogP contribution in [-0.4, -0.2) is 30.5 Å². The summed E-state index contributed by atoms with van der Waals surface area (Å²) in [6.45, 7) is 8.08. The predicted molar refractivity (Wildman–Crippen MR) is 90.6 cm³/mol. The van der Waals surface area contributed by atoms with E-state index in [1.807, 2.05) is 19.1 Å². The molecule has 1 aliphatic heterocycles. The van der Waals surface area contributed by atoms with Crippen LogP contribution in [0, 0.1) is 12.8 Å². The van der Waals surface area contributed by atoms with Crippen LogP contribution in [0.2, 0.25) is 0 Å². The van der Waals surface area contributed by atoms with E-state index in [9.17, 15) is 9.00 Å². The molecule has 0 bridgehead atoms. The fraction of sp³-hybridized carbons (Fsp3) is 0.500. The van der Waals surface area contributed by atoms with Gasteiger partial charge in [-0.1, -0.05) is 19.9 Å². The summed E-state index contributed by atoms with van der Waals surface area (Å²) in [5.41, 5.74) is 3.09. The molecule has 1 amide bonds. The molecule has 23 heavy (non-hydrogen) atoms. The average molecular weight is 334 g/mol. The second-order valence-corrected chi connectivity index (χ2v) is 7.61. The summed E-state index contributed by atoms with van der Waals surface area (Å²) in [5, 5.41) is 0. The summed E-state index contributed by atoms with van der Waals surface area (Å²) >= 11 is -1.42. The van der Waals surface area contributed by atoms with E-state index in [0.717, 1.165) is 35.4 Å². The summed E-state index contributed by atoms with van der Waals surface area (Å²) in [4.78, 5) is 15.9. The van der Waals surface area contributed by atoms with Crippen LogP contribution in [0.3, 0.4) is 0 Å². The average Bonchev–Trinajstić information content (AvgIpc) is 2.95. The molecule has 0 saturated carbocycles. The van der Waals surface area contributed by atoms with E-state index < -0.39 is 11.2 Å². The van der Waals surface area contributed by atoms with Crippen molar-refractivity contribution in [1.82, 2.24) is 18.6 Å². The third-order valence-electron chi connectivity index (χ3n) is 4.05. The number of fused-ring (bicyclic) bond motifs is 1. The van der Waals surface area contributed by atoms with Crippen molar-refractivity contribution in [2.75, 3.05) is 6.54 Å². The minimum absolute atomic E-state index is 0.173. The third-order valence-corrected chi connectivity index (χ3v) is 5.18. The van der Waals surface area contributed by atoms with Crippen LogP contribution in [-0.2, 0) is 29.1 Å². The summed E-state index contributed by atoms with van der Waals surface area (Å²) in [6, 6.07) is 6.11. The maximum Gasteiger partial charge on any atom is 0.247 e. The summed E-state index contributed by atoms with van der Waals surface area (Å²) in [5.74, 6) is 1.47. The lowest BCUT2D eigenvalue weighted by atomic mass is 10.1. The quantitative estimate of drug-likeness (QED) is 0.908. The highest BCUT2D eigenvalue weighted by molar-refractivity contribution is 7.81. The minimum atomic E-state index is -1.42. The molecule has 7 heteroatoms. The number of aryl methyl sites for hydroxylation is 2. The lowest BCUT2D eigenvalue weighted by Gasteiger charge is -2.11. The van der Waals surface area contributed by atoms with Crippen LogP contribution in [0.15, 0.2) is 18.2 Å². The predicted octanol–water partition coefficient (Wildman–Crippen LogP) is 1.90. The second-order valence-electron chi connectivity index (χ2n) is 6.39. The fourth-order valence-corrected chi connectivity index (χ4v) is 3.68. The van der Waals surface area contributed by atoms with E-state index >= 15 is 0 Å². The van der Waals surface area contributed by atoms with Crippen LogP contribution in [0.25, 0.3) is 11.0 Å². The number of aromatic nitrogens is 2. The lowest BCUT2D eigenvalue weighted by molar-refractivity contribution is -0.118. The number of nitrogens with zero attached hydrogens (tertiary/aromatic N) is 3. The number of rotatable bonds is 5. The van der Waals surface area contributed by atoms with Crippen LogP contribution < -0.4 is 4.72 Å². The standard InChI is InChI=1S/C16H22N4O2S/c1-11(2)6-7-20-12(3)17-14-8-13(4-5-15(14)20)9-19-10-16(21)18-23(19)22/h4-5,8,11H,6-7,9-10H2,1-3H3,(H,18,21). The molecule has 1 aromatic carbocycles. The van der Waals surface area contributed by atoms with Gasteiger partial charge in [0.25, 0.3) is 0 Å². The van der Waals surface area contributed by atoms with Gasteiger partial charge in [-0.25, -0.2) is 9.19 Å². The number of amides is 1. The highest BCUT2D eigenvalue weighted by Crippen LogP contribution is 2.20. The molecule has 0 radical (unpaired) electrons. The van der Waals surface area contributed by atoms with Crippen molar-refractivity contribution >= 4 is 28.1 Å². The number of hydrogen-bond donors (Lipinski definition) is 1. The first-order valence-corrected chi connectivity index (χ1v) is 8.97. The van der Waals surface area contributed by atoms with Crippen molar-refractivity contribution in [1.29, 1.82) is 0 Å². The van der Waals surface area contributed by atoms with Gasteiger partial charge in [-0.05, 0) is 37.0 Å². The first-order chi connectivity index (χ1) is 10.9. The zero-order valence-electron chi connectivity index (χ0n) is 13.7. The molecule has 1 aromatic heterocycles. The van der Waals surface area contributed by atoms with E-state index in [2.05, 4.69) is 34.2 Å². The molecule has 6 nitrogen and oxygen atoms in total. The Balaban J connectivity index is 1.82.